The maximum Gasteiger partial charge on any atom is 0.417 e. The predicted octanol–water partition coefficient (Wildman–Crippen LogP) is 28.5. The summed E-state index contributed by atoms with van der Waals surface area (Å²) in [5.74, 6) is 2.69. The van der Waals surface area contributed by atoms with Crippen molar-refractivity contribution >= 4 is 128 Å². The van der Waals surface area contributed by atoms with Gasteiger partial charge in [0.1, 0.15) is 5.82 Å². The minimum atomic E-state index is -4.62. The maximum absolute atomic E-state index is 13.5. The number of benzene rings is 12. The van der Waals surface area contributed by atoms with Crippen molar-refractivity contribution in [3.05, 3.63) is 341 Å². The largest absolute Gasteiger partial charge is 0.454 e. The van der Waals surface area contributed by atoms with Crippen molar-refractivity contribution in [1.29, 1.82) is 5.26 Å². The molecule has 6 fully saturated rings. The second kappa shape index (κ2) is 48.2. The van der Waals surface area contributed by atoms with Crippen LogP contribution in [0.25, 0.3) is 44.5 Å². The van der Waals surface area contributed by atoms with Crippen LogP contribution in [0.1, 0.15) is 116 Å². The summed E-state index contributed by atoms with van der Waals surface area (Å²) < 4.78 is 104. The predicted molar refractivity (Wildman–Crippen MR) is 574 cm³/mol. The molecule has 0 atom stereocenters. The fourth-order valence-electron chi connectivity index (χ4n) is 19.8. The number of piperidine rings is 4. The first-order valence-corrected chi connectivity index (χ1v) is 51.7. The van der Waals surface area contributed by atoms with E-state index in [0.29, 0.717) is 63.2 Å². The number of carbonyl (C=O) groups excluding carboxylic acids is 4. The number of nitriles is 1. The average molecular weight is 2140 g/mol. The summed E-state index contributed by atoms with van der Waals surface area (Å²) in [6.45, 7) is 11.8. The Balaban J connectivity index is 0.000000140. The van der Waals surface area contributed by atoms with Crippen LogP contribution in [0.3, 0.4) is 0 Å². The lowest BCUT2D eigenvalue weighted by atomic mass is 9.72. The third-order valence-corrected chi connectivity index (χ3v) is 30.8. The van der Waals surface area contributed by atoms with E-state index in [1.807, 2.05) is 103 Å². The molecule has 5 heterocycles. The van der Waals surface area contributed by atoms with Crippen LogP contribution in [0.15, 0.2) is 261 Å². The van der Waals surface area contributed by atoms with E-state index in [9.17, 15) is 55.2 Å². The molecule has 0 aromatic heterocycles. The first-order chi connectivity index (χ1) is 70.5. The number of hydrogen-bond donors (Lipinski definition) is 8. The number of likely N-dealkylation sites (tertiary alicyclic amines) is 4. The zero-order valence-electron chi connectivity index (χ0n) is 81.0. The molecule has 19 rings (SSSR count). The molecule has 0 bridgehead atoms. The van der Waals surface area contributed by atoms with Gasteiger partial charge in [0.15, 0.2) is 11.5 Å². The minimum Gasteiger partial charge on any atom is -0.454 e. The Kier molecular flexibility index (Phi) is 35.4. The van der Waals surface area contributed by atoms with Crippen LogP contribution >= 0.6 is 81.2 Å². The van der Waals surface area contributed by atoms with E-state index >= 15 is 0 Å². The molecular weight excluding hydrogens is 2030 g/mol. The second-order valence-corrected chi connectivity index (χ2v) is 42.2. The standard InChI is InChI=1S/C31H30ClF3N4O.C29H30Cl2FN3O.C27H26Cl2F3N3O.C27H27Cl2N3O3/c32-28-11-10-26(17-27(28)31(33,34)35)38-29(40)37-20-30(12-14-39(15-13-30)19-21-4-5-21)25-8-6-23(7-9-25)24-3-1-2-22(16-24)18-36;30-24-3-1-2-22(16-24)21-6-8-23(9-7-21)29(12-14-35(15-13-29)18-20-4-5-20)19-33-28(36)34-25-10-11-27(32)26(31)17-25;1-35-13-11-26(12-14-35,20-7-5-18(6-8-20)19-3-2-4-21(28)15-19)17-33-25(36)34-22-9-10-24(29)23(16-22)27(30,31)32;1-32-10-8-27(9-11-32,16-30-26(33)31-23-14-21(28)13-22(29)15-23)20-5-2-18(3-6-20)19-4-7-24-25(12-19)35-17-34-24/h1-3,6-11,16-17,21H,4-5,12-15,19-20H2,(H2,37,38,40);1-3,6-11,16-17,20H,4-5,12-15,18-19H2,(H2,33,34,36);2-10,15-16H,11-14,17H2,1H3,(H2,33,34,36);2-7,12-15H,8-11,16-17H2,1H3,(H2,30,31,33). The van der Waals surface area contributed by atoms with Crippen LogP contribution in [-0.2, 0) is 34.0 Å². The molecule has 19 nitrogen and oxygen atoms in total. The fourth-order valence-corrected chi connectivity index (χ4v) is 21.3. The van der Waals surface area contributed by atoms with Crippen molar-refractivity contribution in [2.45, 2.75) is 111 Å². The van der Waals surface area contributed by atoms with Crippen LogP contribution in [0.5, 0.6) is 11.5 Å². The van der Waals surface area contributed by atoms with Gasteiger partial charge in [0, 0.05) is 104 Å². The molecular formula is C114H113Cl7F7N13O6. The van der Waals surface area contributed by atoms with Crippen molar-refractivity contribution < 1.29 is 59.4 Å². The van der Waals surface area contributed by atoms with Gasteiger partial charge in [0.25, 0.3) is 0 Å². The molecule has 5 aliphatic heterocycles. The molecule has 147 heavy (non-hydrogen) atoms. The lowest BCUT2D eigenvalue weighted by Crippen LogP contribution is -2.50. The van der Waals surface area contributed by atoms with Gasteiger partial charge >= 0.3 is 36.5 Å². The molecule has 2 aliphatic carbocycles. The van der Waals surface area contributed by atoms with Gasteiger partial charge < -0.3 is 71.6 Å². The van der Waals surface area contributed by atoms with Crippen LogP contribution in [-0.4, -0.2) is 156 Å². The number of alkyl halides is 6. The van der Waals surface area contributed by atoms with Gasteiger partial charge in [0.05, 0.1) is 37.8 Å². The number of fused-ring (bicyclic) bond motifs is 1. The molecule has 2 saturated carbocycles. The van der Waals surface area contributed by atoms with Crippen LogP contribution in [0, 0.1) is 29.0 Å². The van der Waals surface area contributed by atoms with Crippen molar-refractivity contribution in [3.8, 4) is 62.1 Å². The van der Waals surface area contributed by atoms with Gasteiger partial charge in [-0.1, -0.05) is 221 Å². The summed E-state index contributed by atoms with van der Waals surface area (Å²) in [5, 5.41) is 33.3. The maximum atomic E-state index is 13.5. The van der Waals surface area contributed by atoms with Gasteiger partial charge in [-0.05, 0) is 343 Å². The normalized spacial score (nSPS) is 16.8. The van der Waals surface area contributed by atoms with E-state index in [-0.39, 0.29) is 56.9 Å². The molecule has 4 saturated heterocycles. The van der Waals surface area contributed by atoms with Crippen molar-refractivity contribution in [2.24, 2.45) is 11.8 Å². The van der Waals surface area contributed by atoms with E-state index in [2.05, 4.69) is 161 Å². The molecule has 768 valence electrons. The average Bonchev–Trinajstić information content (AvgIpc) is 1.79. The fraction of sp³-hybridized carbons (Fsp3) is 0.325. The van der Waals surface area contributed by atoms with Crippen molar-refractivity contribution in [3.63, 3.8) is 0 Å². The first kappa shape index (κ1) is 108. The first-order valence-electron chi connectivity index (χ1n) is 49.0. The Labute approximate surface area is 886 Å². The number of nitrogens with one attached hydrogen (secondary N) is 8. The number of rotatable bonds is 24. The monoisotopic (exact) mass is 2140 g/mol. The lowest BCUT2D eigenvalue weighted by molar-refractivity contribution is -0.138. The van der Waals surface area contributed by atoms with Crippen LogP contribution < -0.4 is 52.0 Å². The third kappa shape index (κ3) is 29.0. The van der Waals surface area contributed by atoms with Gasteiger partial charge in [-0.2, -0.15) is 31.6 Å². The van der Waals surface area contributed by atoms with Gasteiger partial charge in [0.2, 0.25) is 6.79 Å². The number of urea groups is 4. The number of amides is 8. The van der Waals surface area contributed by atoms with Crippen LogP contribution in [0.4, 0.5) is 72.7 Å². The van der Waals surface area contributed by atoms with E-state index in [4.69, 9.17) is 90.7 Å². The Hall–Kier alpha value is -11.8. The van der Waals surface area contributed by atoms with Gasteiger partial charge in [-0.25, -0.2) is 23.6 Å². The highest BCUT2D eigenvalue weighted by molar-refractivity contribution is 6.35. The Bertz CT molecular complexity index is 6650. The zero-order chi connectivity index (χ0) is 104. The van der Waals surface area contributed by atoms with Gasteiger partial charge in [-0.3, -0.25) is 0 Å². The SMILES string of the molecule is CN1CCC(CNC(=O)Nc2cc(Cl)cc(Cl)c2)(c2ccc(-c3ccc4c(c3)OCO4)cc2)CC1.CN1CCC(CNC(=O)Nc2ccc(Cl)c(C(F)(F)F)c2)(c2ccc(-c3cccc(Cl)c3)cc2)CC1.N#Cc1cccc(-c2ccc(C3(CNC(=O)Nc4ccc(Cl)c(C(F)(F)F)c4)CCN(CC4CC4)CC3)cc2)c1.O=C(NCC1(c2ccc(-c3cccc(Cl)c3)cc2)CCN(CC2CC2)CC1)Nc1ccc(F)c(Cl)c1. The summed E-state index contributed by atoms with van der Waals surface area (Å²) in [7, 11) is 4.20. The quantitative estimate of drug-likeness (QED) is 0.0266. The highest BCUT2D eigenvalue weighted by atomic mass is 35.5. The lowest BCUT2D eigenvalue weighted by Gasteiger charge is -2.42. The third-order valence-electron chi connectivity index (χ3n) is 29.0. The molecule has 33 heteroatoms. The van der Waals surface area contributed by atoms with Crippen molar-refractivity contribution in [1.82, 2.24) is 40.9 Å². The highest BCUT2D eigenvalue weighted by Crippen LogP contribution is 2.47. The van der Waals surface area contributed by atoms with Crippen LogP contribution in [0.2, 0.25) is 35.2 Å². The Morgan fingerprint density at radius 1 is 0.347 bits per heavy atom. The Morgan fingerprint density at radius 2 is 0.673 bits per heavy atom. The highest BCUT2D eigenvalue weighted by Gasteiger charge is 2.44. The molecule has 0 unspecified atom stereocenters. The summed E-state index contributed by atoms with van der Waals surface area (Å²) in [4.78, 5) is 60.5. The minimum absolute atomic E-state index is 0.0199. The van der Waals surface area contributed by atoms with Gasteiger partial charge in [-0.15, -0.1) is 0 Å². The molecule has 0 spiro atoms. The molecule has 8 amide bonds. The zero-order valence-corrected chi connectivity index (χ0v) is 86.3. The number of anilines is 4. The van der Waals surface area contributed by atoms with E-state index in [0.717, 1.165) is 214 Å². The van der Waals surface area contributed by atoms with Crippen molar-refractivity contribution in [2.75, 3.05) is 134 Å². The van der Waals surface area contributed by atoms with E-state index in [1.54, 1.807) is 24.3 Å². The summed E-state index contributed by atoms with van der Waals surface area (Å²) in [6, 6.07) is 78.9. The number of ether oxygens (including phenoxy) is 2. The molecule has 8 N–H and O–H groups in total. The van der Waals surface area contributed by atoms with E-state index in [1.165, 1.54) is 73.7 Å². The molecule has 12 aromatic carbocycles. The topological polar surface area (TPSA) is 220 Å². The number of halogens is 14. The smallest absolute Gasteiger partial charge is 0.417 e. The number of hydrogen-bond acceptors (Lipinski definition) is 11. The number of carbonyl (C=O) groups is 4. The summed E-state index contributed by atoms with van der Waals surface area (Å²) >= 11 is 41.7. The molecule has 12 aromatic rings. The number of nitrogens with zero attached hydrogens (tertiary/aromatic N) is 5. The molecule has 7 aliphatic rings. The molecule has 0 radical (unpaired) electrons. The Morgan fingerprint density at radius 3 is 1.03 bits per heavy atom. The van der Waals surface area contributed by atoms with E-state index < -0.39 is 51.4 Å². The summed E-state index contributed by atoms with van der Waals surface area (Å²) in [5.41, 5.74) is 11.8. The summed E-state index contributed by atoms with van der Waals surface area (Å²) in [6.07, 6.45) is 3.26. The second-order valence-electron chi connectivity index (χ2n) is 39.2.